The number of hydrogen-bond acceptors (Lipinski definition) is 5. The first-order chi connectivity index (χ1) is 13.3. The molecule has 2 aliphatic heterocycles. The molecular formula is C17H10ClF3N6O. The summed E-state index contributed by atoms with van der Waals surface area (Å²) in [7, 11) is 0. The van der Waals surface area contributed by atoms with Crippen LogP contribution < -0.4 is 5.69 Å². The molecule has 0 bridgehead atoms. The second kappa shape index (κ2) is 6.71. The first kappa shape index (κ1) is 18.1. The van der Waals surface area contributed by atoms with Gasteiger partial charge in [-0.2, -0.15) is 18.2 Å². The minimum absolute atomic E-state index is 0.0496. The van der Waals surface area contributed by atoms with Crippen LogP contribution in [0.3, 0.4) is 0 Å². The van der Waals surface area contributed by atoms with Crippen molar-refractivity contribution in [3.05, 3.63) is 75.7 Å². The van der Waals surface area contributed by atoms with E-state index in [1.807, 2.05) is 0 Å². The first-order valence-corrected chi connectivity index (χ1v) is 8.30. The number of halogens is 4. The molecule has 28 heavy (non-hydrogen) atoms. The highest BCUT2D eigenvalue weighted by atomic mass is 35.5. The quantitative estimate of drug-likeness (QED) is 0.489. The monoisotopic (exact) mass is 406 g/mol. The lowest BCUT2D eigenvalue weighted by Crippen LogP contribution is -2.17. The third kappa shape index (κ3) is 3.33. The molecule has 0 atom stereocenters. The number of aromatic nitrogens is 6. The third-order valence-electron chi connectivity index (χ3n) is 3.97. The summed E-state index contributed by atoms with van der Waals surface area (Å²) in [6.45, 7) is 0.372. The first-order valence-electron chi connectivity index (χ1n) is 7.92. The topological polar surface area (TPSA) is 78.5 Å². The lowest BCUT2D eigenvalue weighted by molar-refractivity contribution is -0.141. The van der Waals surface area contributed by atoms with Crippen molar-refractivity contribution < 1.29 is 13.2 Å². The Hall–Kier alpha value is -3.27. The van der Waals surface area contributed by atoms with Crippen molar-refractivity contribution in [2.75, 3.05) is 0 Å². The van der Waals surface area contributed by atoms with Gasteiger partial charge in [0.2, 0.25) is 0 Å². The highest BCUT2D eigenvalue weighted by Crippen LogP contribution is 2.27. The molecule has 0 N–H and O–H groups in total. The van der Waals surface area contributed by atoms with Crippen LogP contribution in [-0.4, -0.2) is 29.3 Å². The van der Waals surface area contributed by atoms with Gasteiger partial charge in [-0.05, 0) is 35.9 Å². The van der Waals surface area contributed by atoms with Crippen molar-refractivity contribution in [3.63, 3.8) is 0 Å². The molecule has 0 unspecified atom stereocenters. The Morgan fingerprint density at radius 1 is 1.07 bits per heavy atom. The zero-order valence-electron chi connectivity index (χ0n) is 13.9. The fraction of sp³-hybridized carbons (Fsp3) is 0.118. The molecule has 11 heteroatoms. The number of pyridine rings is 2. The van der Waals surface area contributed by atoms with Crippen molar-refractivity contribution in [2.24, 2.45) is 0 Å². The van der Waals surface area contributed by atoms with Crippen molar-refractivity contribution >= 4 is 11.6 Å². The van der Waals surface area contributed by atoms with E-state index >= 15 is 0 Å². The molecule has 4 heterocycles. The number of alkyl halides is 3. The van der Waals surface area contributed by atoms with Crippen molar-refractivity contribution in [1.82, 2.24) is 29.3 Å². The van der Waals surface area contributed by atoms with Crippen LogP contribution in [-0.2, 0) is 12.7 Å². The summed E-state index contributed by atoms with van der Waals surface area (Å²) in [5.41, 5.74) is -0.585. The van der Waals surface area contributed by atoms with E-state index in [4.69, 9.17) is 11.6 Å². The van der Waals surface area contributed by atoms with Gasteiger partial charge < -0.3 is 4.57 Å². The third-order valence-corrected chi connectivity index (χ3v) is 4.19. The minimum Gasteiger partial charge on any atom is -0.327 e. The Morgan fingerprint density at radius 2 is 1.89 bits per heavy atom. The van der Waals surface area contributed by atoms with E-state index in [0.717, 1.165) is 22.3 Å². The van der Waals surface area contributed by atoms with Crippen LogP contribution in [0, 0.1) is 0 Å². The van der Waals surface area contributed by atoms with Gasteiger partial charge in [-0.25, -0.2) is 14.3 Å². The molecule has 0 radical (unpaired) electrons. The molecule has 0 spiro atoms. The van der Waals surface area contributed by atoms with Crippen molar-refractivity contribution in [1.29, 1.82) is 0 Å². The molecular weight excluding hydrogens is 397 g/mol. The Morgan fingerprint density at radius 3 is 2.54 bits per heavy atom. The Balaban J connectivity index is 1.73. The second-order valence-corrected chi connectivity index (χ2v) is 6.23. The summed E-state index contributed by atoms with van der Waals surface area (Å²) in [5.74, 6) is 0.301. The number of nitrogens with zero attached hydrogens (tertiary/aromatic N) is 6. The smallest absolute Gasteiger partial charge is 0.327 e. The Kier molecular flexibility index (Phi) is 4.34. The Bertz CT molecular complexity index is 1150. The molecule has 4 rings (SSSR count). The van der Waals surface area contributed by atoms with Gasteiger partial charge in [-0.3, -0.25) is 0 Å². The van der Waals surface area contributed by atoms with E-state index in [1.54, 1.807) is 41.2 Å². The second-order valence-electron chi connectivity index (χ2n) is 5.84. The SMILES string of the molecule is O=c1nc2n(Cc3ccc(Cl)nc3)cccc-2n1-c1ccc(C(F)(F)F)nn1. The van der Waals surface area contributed by atoms with Crippen LogP contribution in [0.4, 0.5) is 13.2 Å². The van der Waals surface area contributed by atoms with Gasteiger partial charge >= 0.3 is 11.9 Å². The number of imidazole rings is 1. The van der Waals surface area contributed by atoms with Gasteiger partial charge in [0.05, 0.1) is 12.2 Å². The van der Waals surface area contributed by atoms with E-state index in [2.05, 4.69) is 20.2 Å². The van der Waals surface area contributed by atoms with Gasteiger partial charge in [-0.1, -0.05) is 17.7 Å². The maximum absolute atomic E-state index is 12.7. The maximum atomic E-state index is 12.7. The van der Waals surface area contributed by atoms with Gasteiger partial charge in [0.1, 0.15) is 5.15 Å². The lowest BCUT2D eigenvalue weighted by atomic mass is 10.2. The van der Waals surface area contributed by atoms with E-state index in [9.17, 15) is 18.0 Å². The number of rotatable bonds is 3. The predicted octanol–water partition coefficient (Wildman–Crippen LogP) is 3.04. The normalized spacial score (nSPS) is 11.9. The summed E-state index contributed by atoms with van der Waals surface area (Å²) in [5, 5.41) is 7.06. The van der Waals surface area contributed by atoms with E-state index in [-0.39, 0.29) is 5.82 Å². The summed E-state index contributed by atoms with van der Waals surface area (Å²) in [4.78, 5) is 20.4. The fourth-order valence-electron chi connectivity index (χ4n) is 2.71. The minimum atomic E-state index is -4.61. The predicted molar refractivity (Wildman–Crippen MR) is 93.4 cm³/mol. The van der Waals surface area contributed by atoms with Crippen LogP contribution in [0.15, 0.2) is 53.6 Å². The average molecular weight is 407 g/mol. The molecule has 0 aromatic carbocycles. The molecule has 0 amide bonds. The molecule has 2 aliphatic rings. The summed E-state index contributed by atoms with van der Waals surface area (Å²) < 4.78 is 40.9. The molecule has 2 aromatic rings. The molecule has 0 saturated carbocycles. The number of hydrogen-bond donors (Lipinski definition) is 0. The highest BCUT2D eigenvalue weighted by molar-refractivity contribution is 6.29. The zero-order chi connectivity index (χ0) is 19.9. The van der Waals surface area contributed by atoms with Crippen molar-refractivity contribution in [3.8, 4) is 17.3 Å². The van der Waals surface area contributed by atoms with Gasteiger partial charge in [0.15, 0.2) is 17.3 Å². The van der Waals surface area contributed by atoms with E-state index in [0.29, 0.717) is 23.2 Å². The molecule has 7 nitrogen and oxygen atoms in total. The molecule has 0 fully saturated rings. The van der Waals surface area contributed by atoms with Crippen LogP contribution in [0.2, 0.25) is 5.15 Å². The van der Waals surface area contributed by atoms with Crippen LogP contribution >= 0.6 is 11.6 Å². The molecule has 0 saturated heterocycles. The van der Waals surface area contributed by atoms with Gasteiger partial charge in [-0.15, -0.1) is 10.2 Å². The number of fused-ring (bicyclic) bond motifs is 1. The summed E-state index contributed by atoms with van der Waals surface area (Å²) >= 11 is 5.78. The average Bonchev–Trinajstić information content (AvgIpc) is 3.00. The standard InChI is InChI=1S/C17H10ClF3N6O/c18-13-5-3-10(8-22-13)9-26-7-1-2-11-15(26)23-16(28)27(11)14-6-4-12(24-25-14)17(19,20)21/h1-8H,9H2. The zero-order valence-corrected chi connectivity index (χ0v) is 14.7. The van der Waals surface area contributed by atoms with E-state index < -0.39 is 17.6 Å². The molecule has 2 aromatic heterocycles. The van der Waals surface area contributed by atoms with Crippen LogP contribution in [0.25, 0.3) is 17.3 Å². The summed E-state index contributed by atoms with van der Waals surface area (Å²) in [6, 6.07) is 8.61. The van der Waals surface area contributed by atoms with Crippen molar-refractivity contribution in [2.45, 2.75) is 12.7 Å². The van der Waals surface area contributed by atoms with Gasteiger partial charge in [0.25, 0.3) is 0 Å². The maximum Gasteiger partial charge on any atom is 0.435 e. The van der Waals surface area contributed by atoms with Crippen LogP contribution in [0.5, 0.6) is 0 Å². The molecule has 0 aliphatic carbocycles. The largest absolute Gasteiger partial charge is 0.435 e. The van der Waals surface area contributed by atoms with Gasteiger partial charge in [0, 0.05) is 12.4 Å². The molecule has 142 valence electrons. The van der Waals surface area contributed by atoms with Crippen LogP contribution in [0.1, 0.15) is 11.3 Å². The van der Waals surface area contributed by atoms with E-state index in [1.165, 1.54) is 0 Å². The summed E-state index contributed by atoms with van der Waals surface area (Å²) in [6.07, 6.45) is -1.28. The highest BCUT2D eigenvalue weighted by Gasteiger charge is 2.33. The Labute approximate surface area is 160 Å². The fourth-order valence-corrected chi connectivity index (χ4v) is 2.82. The lowest BCUT2D eigenvalue weighted by Gasteiger charge is -2.12.